The molecule has 0 heterocycles. The maximum atomic E-state index is 11.9. The molecule has 0 aliphatic rings. The molecule has 0 bridgehead atoms. The topological polar surface area (TPSA) is 61.4 Å². The van der Waals surface area contributed by atoms with Crippen molar-refractivity contribution in [1.82, 2.24) is 5.32 Å². The lowest BCUT2D eigenvalue weighted by atomic mass is 10.0. The Balaban J connectivity index is 2.48. The third kappa shape index (κ3) is 5.92. The molecule has 0 radical (unpaired) electrons. The number of carbonyl (C=O) groups is 1. The van der Waals surface area contributed by atoms with E-state index >= 15 is 0 Å². The van der Waals surface area contributed by atoms with Crippen LogP contribution in [0, 0.1) is 12.8 Å². The van der Waals surface area contributed by atoms with Gasteiger partial charge in [-0.3, -0.25) is 0 Å². The Labute approximate surface area is 129 Å². The second kappa shape index (κ2) is 8.97. The van der Waals surface area contributed by atoms with Crippen LogP contribution >= 0.6 is 15.9 Å². The molecule has 20 heavy (non-hydrogen) atoms. The highest BCUT2D eigenvalue weighted by Gasteiger charge is 2.10. The van der Waals surface area contributed by atoms with Crippen LogP contribution in [-0.2, 0) is 0 Å². The number of hydrogen-bond donors (Lipinski definition) is 3. The largest absolute Gasteiger partial charge is 0.396 e. The number of rotatable bonds is 7. The second-order valence-corrected chi connectivity index (χ2v) is 5.88. The van der Waals surface area contributed by atoms with Crippen molar-refractivity contribution in [3.05, 3.63) is 28.2 Å². The second-order valence-electron chi connectivity index (χ2n) is 4.96. The summed E-state index contributed by atoms with van der Waals surface area (Å²) in [6, 6.07) is 5.57. The molecule has 0 aliphatic heterocycles. The third-order valence-electron chi connectivity index (χ3n) is 3.23. The predicted molar refractivity (Wildman–Crippen MR) is 86.0 cm³/mol. The Morgan fingerprint density at radius 1 is 1.40 bits per heavy atom. The Kier molecular flexibility index (Phi) is 7.62. The molecule has 4 nitrogen and oxygen atoms in total. The summed E-state index contributed by atoms with van der Waals surface area (Å²) in [6.07, 6.45) is 2.79. The first-order valence-corrected chi connectivity index (χ1v) is 7.78. The fourth-order valence-electron chi connectivity index (χ4n) is 2.07. The summed E-state index contributed by atoms with van der Waals surface area (Å²) in [4.78, 5) is 11.9. The molecule has 0 saturated carbocycles. The highest BCUT2D eigenvalue weighted by Crippen LogP contribution is 2.20. The number of carbonyl (C=O) groups excluding carboxylic acids is 1. The number of benzene rings is 1. The van der Waals surface area contributed by atoms with Crippen molar-refractivity contribution in [1.29, 1.82) is 0 Å². The number of urea groups is 1. The van der Waals surface area contributed by atoms with Gasteiger partial charge in [0.05, 0.1) is 0 Å². The molecule has 1 aromatic rings. The van der Waals surface area contributed by atoms with E-state index in [0.29, 0.717) is 12.5 Å². The van der Waals surface area contributed by atoms with E-state index in [1.54, 1.807) is 0 Å². The predicted octanol–water partition coefficient (Wildman–Crippen LogP) is 3.68. The van der Waals surface area contributed by atoms with Gasteiger partial charge in [0, 0.05) is 23.3 Å². The molecular weight excluding hydrogens is 320 g/mol. The van der Waals surface area contributed by atoms with Gasteiger partial charge in [-0.15, -0.1) is 0 Å². The third-order valence-corrected chi connectivity index (χ3v) is 3.73. The normalized spacial score (nSPS) is 12.0. The summed E-state index contributed by atoms with van der Waals surface area (Å²) in [5.41, 5.74) is 1.81. The fourth-order valence-corrected chi connectivity index (χ4v) is 2.43. The van der Waals surface area contributed by atoms with Crippen LogP contribution in [-0.4, -0.2) is 24.3 Å². The van der Waals surface area contributed by atoms with Gasteiger partial charge in [0.25, 0.3) is 0 Å². The Hall–Kier alpha value is -1.07. The van der Waals surface area contributed by atoms with Crippen molar-refractivity contribution >= 4 is 27.6 Å². The van der Waals surface area contributed by atoms with E-state index in [4.69, 9.17) is 5.11 Å². The molecule has 1 unspecified atom stereocenters. The van der Waals surface area contributed by atoms with Gasteiger partial charge in [0.1, 0.15) is 0 Å². The molecule has 5 heteroatoms. The highest BCUT2D eigenvalue weighted by molar-refractivity contribution is 9.10. The number of anilines is 1. The Morgan fingerprint density at radius 2 is 2.15 bits per heavy atom. The van der Waals surface area contributed by atoms with Crippen molar-refractivity contribution in [3.8, 4) is 0 Å². The van der Waals surface area contributed by atoms with Gasteiger partial charge in [-0.25, -0.2) is 4.79 Å². The van der Waals surface area contributed by atoms with Gasteiger partial charge in [0.2, 0.25) is 0 Å². The summed E-state index contributed by atoms with van der Waals surface area (Å²) in [5.74, 6) is 0.333. The lowest BCUT2D eigenvalue weighted by molar-refractivity contribution is 0.236. The number of halogens is 1. The molecule has 0 aliphatic carbocycles. The lowest BCUT2D eigenvalue weighted by Gasteiger charge is -2.16. The molecule has 1 rings (SSSR count). The average molecular weight is 343 g/mol. The van der Waals surface area contributed by atoms with E-state index in [9.17, 15) is 4.79 Å². The number of amides is 2. The smallest absolute Gasteiger partial charge is 0.319 e. The van der Waals surface area contributed by atoms with Crippen molar-refractivity contribution in [2.75, 3.05) is 18.5 Å². The minimum Gasteiger partial charge on any atom is -0.396 e. The van der Waals surface area contributed by atoms with Crippen molar-refractivity contribution in [2.45, 2.75) is 33.1 Å². The van der Waals surface area contributed by atoms with Crippen LogP contribution in [0.4, 0.5) is 10.5 Å². The van der Waals surface area contributed by atoms with E-state index in [-0.39, 0.29) is 12.6 Å². The standard InChI is InChI=1S/C15H23BrN2O2/c1-3-4-12(7-8-19)10-17-15(20)18-14-9-13(16)6-5-11(14)2/h5-6,9,12,19H,3-4,7-8,10H2,1-2H3,(H2,17,18,20). The van der Waals surface area contributed by atoms with Crippen LogP contribution in [0.15, 0.2) is 22.7 Å². The first-order chi connectivity index (χ1) is 9.56. The Bertz CT molecular complexity index is 432. The number of nitrogens with one attached hydrogen (secondary N) is 2. The van der Waals surface area contributed by atoms with Crippen LogP contribution in [0.1, 0.15) is 31.7 Å². The van der Waals surface area contributed by atoms with Crippen LogP contribution in [0.5, 0.6) is 0 Å². The zero-order valence-electron chi connectivity index (χ0n) is 12.1. The van der Waals surface area contributed by atoms with Crippen molar-refractivity contribution in [2.24, 2.45) is 5.92 Å². The van der Waals surface area contributed by atoms with Gasteiger partial charge in [-0.2, -0.15) is 0 Å². The van der Waals surface area contributed by atoms with Gasteiger partial charge < -0.3 is 15.7 Å². The van der Waals surface area contributed by atoms with E-state index in [0.717, 1.165) is 35.0 Å². The molecule has 1 aromatic carbocycles. The molecule has 0 saturated heterocycles. The summed E-state index contributed by atoms with van der Waals surface area (Å²) >= 11 is 3.39. The molecular formula is C15H23BrN2O2. The zero-order chi connectivity index (χ0) is 15.0. The number of aliphatic hydroxyl groups is 1. The van der Waals surface area contributed by atoms with Crippen LogP contribution in [0.25, 0.3) is 0 Å². The monoisotopic (exact) mass is 342 g/mol. The van der Waals surface area contributed by atoms with Gasteiger partial charge in [0.15, 0.2) is 0 Å². The quantitative estimate of drug-likeness (QED) is 0.707. The van der Waals surface area contributed by atoms with E-state index in [2.05, 4.69) is 33.5 Å². The maximum absolute atomic E-state index is 11.9. The number of aliphatic hydroxyl groups excluding tert-OH is 1. The maximum Gasteiger partial charge on any atom is 0.319 e. The first kappa shape index (κ1) is 17.0. The summed E-state index contributed by atoms with van der Waals surface area (Å²) in [5, 5.41) is 14.7. The van der Waals surface area contributed by atoms with Crippen molar-refractivity contribution in [3.63, 3.8) is 0 Å². The molecule has 3 N–H and O–H groups in total. The minimum atomic E-state index is -0.203. The highest BCUT2D eigenvalue weighted by atomic mass is 79.9. The van der Waals surface area contributed by atoms with Crippen LogP contribution in [0.3, 0.4) is 0 Å². The summed E-state index contributed by atoms with van der Waals surface area (Å²) in [6.45, 7) is 4.81. The van der Waals surface area contributed by atoms with Gasteiger partial charge in [-0.1, -0.05) is 35.3 Å². The molecule has 0 aromatic heterocycles. The van der Waals surface area contributed by atoms with Crippen molar-refractivity contribution < 1.29 is 9.90 Å². The number of hydrogen-bond acceptors (Lipinski definition) is 2. The summed E-state index contributed by atoms with van der Waals surface area (Å²) < 4.78 is 0.933. The fraction of sp³-hybridized carbons (Fsp3) is 0.533. The molecule has 1 atom stereocenters. The van der Waals surface area contributed by atoms with Crippen LogP contribution in [0.2, 0.25) is 0 Å². The number of aryl methyl sites for hydroxylation is 1. The Morgan fingerprint density at radius 3 is 2.80 bits per heavy atom. The SMILES string of the molecule is CCCC(CCO)CNC(=O)Nc1cc(Br)ccc1C. The van der Waals surface area contributed by atoms with E-state index in [1.807, 2.05) is 25.1 Å². The van der Waals surface area contributed by atoms with E-state index < -0.39 is 0 Å². The zero-order valence-corrected chi connectivity index (χ0v) is 13.7. The summed E-state index contributed by atoms with van der Waals surface area (Å²) in [7, 11) is 0. The van der Waals surface area contributed by atoms with Gasteiger partial charge >= 0.3 is 6.03 Å². The first-order valence-electron chi connectivity index (χ1n) is 6.98. The lowest BCUT2D eigenvalue weighted by Crippen LogP contribution is -2.33. The molecule has 112 valence electrons. The minimum absolute atomic E-state index is 0.165. The molecule has 0 fully saturated rings. The van der Waals surface area contributed by atoms with E-state index in [1.165, 1.54) is 0 Å². The molecule has 2 amide bonds. The van der Waals surface area contributed by atoms with Gasteiger partial charge in [-0.05, 0) is 43.4 Å². The molecule has 0 spiro atoms. The average Bonchev–Trinajstić information content (AvgIpc) is 2.41. The van der Waals surface area contributed by atoms with Crippen LogP contribution < -0.4 is 10.6 Å².